The fraction of sp³-hybridized carbons (Fsp3) is 0.462. The summed E-state index contributed by atoms with van der Waals surface area (Å²) in [4.78, 5) is 20.5. The molecule has 0 radical (unpaired) electrons. The molecular formula is C13H18N4O2S. The minimum absolute atomic E-state index is 0.144. The van der Waals surface area contributed by atoms with Crippen LogP contribution in [-0.4, -0.2) is 27.6 Å². The van der Waals surface area contributed by atoms with Crippen molar-refractivity contribution in [1.29, 1.82) is 0 Å². The van der Waals surface area contributed by atoms with Crippen LogP contribution < -0.4 is 5.73 Å². The molecule has 108 valence electrons. The number of hydrogen-bond acceptors (Lipinski definition) is 6. The summed E-state index contributed by atoms with van der Waals surface area (Å²) in [6.07, 6.45) is 0.651. The summed E-state index contributed by atoms with van der Waals surface area (Å²) < 4.78 is 6.42. The Bertz CT molecular complexity index is 630. The number of aromatic nitrogens is 3. The van der Waals surface area contributed by atoms with Crippen molar-refractivity contribution >= 4 is 23.1 Å². The number of anilines is 1. The van der Waals surface area contributed by atoms with Gasteiger partial charge in [0.1, 0.15) is 11.6 Å². The van der Waals surface area contributed by atoms with Gasteiger partial charge in [-0.05, 0) is 5.92 Å². The van der Waals surface area contributed by atoms with Gasteiger partial charge in [-0.15, -0.1) is 11.3 Å². The van der Waals surface area contributed by atoms with E-state index in [0.29, 0.717) is 18.2 Å². The van der Waals surface area contributed by atoms with Gasteiger partial charge in [-0.1, -0.05) is 20.8 Å². The van der Waals surface area contributed by atoms with Gasteiger partial charge in [0.2, 0.25) is 0 Å². The number of thiazole rings is 1. The minimum Gasteiger partial charge on any atom is -0.464 e. The number of nitrogens with two attached hydrogens (primary N) is 1. The number of nitrogens with zero attached hydrogens (tertiary/aromatic N) is 3. The molecule has 0 amide bonds. The average Bonchev–Trinajstić information content (AvgIpc) is 3.02. The molecule has 0 aromatic carbocycles. The lowest BCUT2D eigenvalue weighted by atomic mass is 10.2. The predicted molar refractivity (Wildman–Crippen MR) is 78.5 cm³/mol. The Labute approximate surface area is 121 Å². The highest BCUT2D eigenvalue weighted by Gasteiger charge is 2.22. The summed E-state index contributed by atoms with van der Waals surface area (Å²) in [6.45, 7) is 6.11. The van der Waals surface area contributed by atoms with Gasteiger partial charge in [-0.3, -0.25) is 4.57 Å². The normalized spacial score (nSPS) is 11.1. The summed E-state index contributed by atoms with van der Waals surface area (Å²) in [7, 11) is 1.31. The summed E-state index contributed by atoms with van der Waals surface area (Å²) in [5.74, 6) is 0.789. The highest BCUT2D eigenvalue weighted by molar-refractivity contribution is 7.12. The molecule has 0 aliphatic carbocycles. The summed E-state index contributed by atoms with van der Waals surface area (Å²) in [5, 5.41) is 2.72. The van der Waals surface area contributed by atoms with Crippen LogP contribution in [0.4, 0.5) is 5.82 Å². The quantitative estimate of drug-likeness (QED) is 0.875. The maximum atomic E-state index is 11.7. The minimum atomic E-state index is -0.531. The first kappa shape index (κ1) is 14.5. The van der Waals surface area contributed by atoms with Crippen molar-refractivity contribution in [3.05, 3.63) is 22.6 Å². The van der Waals surface area contributed by atoms with Crippen molar-refractivity contribution in [2.45, 2.75) is 33.1 Å². The van der Waals surface area contributed by atoms with Crippen molar-refractivity contribution in [2.24, 2.45) is 0 Å². The van der Waals surface area contributed by atoms with Crippen LogP contribution in [0, 0.1) is 0 Å². The van der Waals surface area contributed by atoms with E-state index in [0.717, 1.165) is 10.8 Å². The Kier molecular flexibility index (Phi) is 4.08. The van der Waals surface area contributed by atoms with E-state index >= 15 is 0 Å². The first-order chi connectivity index (χ1) is 9.49. The van der Waals surface area contributed by atoms with Gasteiger partial charge >= 0.3 is 5.97 Å². The van der Waals surface area contributed by atoms with E-state index < -0.39 is 5.97 Å². The van der Waals surface area contributed by atoms with Crippen LogP contribution in [0.3, 0.4) is 0 Å². The van der Waals surface area contributed by atoms with Crippen LogP contribution in [0.1, 0.15) is 48.7 Å². The van der Waals surface area contributed by atoms with Gasteiger partial charge < -0.3 is 10.5 Å². The van der Waals surface area contributed by atoms with E-state index in [9.17, 15) is 4.79 Å². The highest BCUT2D eigenvalue weighted by Crippen LogP contribution is 2.26. The second-order valence-electron chi connectivity index (χ2n) is 4.65. The zero-order valence-corrected chi connectivity index (χ0v) is 12.8. The third kappa shape index (κ3) is 2.40. The fourth-order valence-corrected chi connectivity index (χ4v) is 2.84. The standard InChI is InChI=1S/C13H18N4O2S/c1-5-9-16-10(12(18)19-4)11(14)17(9)13-15-8(6-20-13)7(2)3/h6-7H,5,14H2,1-4H3. The summed E-state index contributed by atoms with van der Waals surface area (Å²) in [6, 6.07) is 0. The Morgan fingerprint density at radius 3 is 2.70 bits per heavy atom. The molecule has 6 nitrogen and oxygen atoms in total. The molecule has 2 aromatic rings. The Morgan fingerprint density at radius 1 is 1.50 bits per heavy atom. The van der Waals surface area contributed by atoms with E-state index in [1.54, 1.807) is 4.57 Å². The number of aryl methyl sites for hydroxylation is 1. The molecule has 7 heteroatoms. The first-order valence-electron chi connectivity index (χ1n) is 6.40. The lowest BCUT2D eigenvalue weighted by molar-refractivity contribution is 0.0596. The van der Waals surface area contributed by atoms with Crippen molar-refractivity contribution in [2.75, 3.05) is 12.8 Å². The zero-order chi connectivity index (χ0) is 14.9. The molecule has 2 heterocycles. The van der Waals surface area contributed by atoms with E-state index in [2.05, 4.69) is 23.8 Å². The molecule has 0 atom stereocenters. The van der Waals surface area contributed by atoms with Crippen LogP contribution in [0.5, 0.6) is 0 Å². The molecule has 0 saturated heterocycles. The van der Waals surface area contributed by atoms with Crippen LogP contribution in [0.2, 0.25) is 0 Å². The van der Waals surface area contributed by atoms with Gasteiger partial charge in [0.05, 0.1) is 12.8 Å². The number of hydrogen-bond donors (Lipinski definition) is 1. The topological polar surface area (TPSA) is 83.0 Å². The molecule has 0 aliphatic rings. The molecule has 0 saturated carbocycles. The Balaban J connectivity index is 2.54. The average molecular weight is 294 g/mol. The van der Waals surface area contributed by atoms with Crippen LogP contribution in [-0.2, 0) is 11.2 Å². The van der Waals surface area contributed by atoms with E-state index in [-0.39, 0.29) is 11.5 Å². The molecule has 0 aliphatic heterocycles. The van der Waals surface area contributed by atoms with Crippen LogP contribution >= 0.6 is 11.3 Å². The third-order valence-corrected chi connectivity index (χ3v) is 3.81. The molecule has 2 rings (SSSR count). The monoisotopic (exact) mass is 294 g/mol. The number of nitrogen functional groups attached to an aromatic ring is 1. The number of carbonyl (C=O) groups excluding carboxylic acids is 1. The smallest absolute Gasteiger partial charge is 0.360 e. The first-order valence-corrected chi connectivity index (χ1v) is 7.28. The lowest BCUT2D eigenvalue weighted by Gasteiger charge is -2.04. The molecule has 0 spiro atoms. The van der Waals surface area contributed by atoms with Crippen molar-refractivity contribution in [3.8, 4) is 5.13 Å². The molecular weight excluding hydrogens is 276 g/mol. The number of ether oxygens (including phenoxy) is 1. The number of esters is 1. The molecule has 2 N–H and O–H groups in total. The number of rotatable bonds is 4. The zero-order valence-electron chi connectivity index (χ0n) is 12.0. The van der Waals surface area contributed by atoms with E-state index in [1.807, 2.05) is 12.3 Å². The van der Waals surface area contributed by atoms with Gasteiger partial charge in [0, 0.05) is 11.8 Å². The molecule has 0 unspecified atom stereocenters. The lowest BCUT2D eigenvalue weighted by Crippen LogP contribution is -2.08. The maximum Gasteiger partial charge on any atom is 0.360 e. The maximum absolute atomic E-state index is 11.7. The second-order valence-corrected chi connectivity index (χ2v) is 5.49. The van der Waals surface area contributed by atoms with Gasteiger partial charge in [-0.2, -0.15) is 0 Å². The highest BCUT2D eigenvalue weighted by atomic mass is 32.1. The van der Waals surface area contributed by atoms with Crippen molar-refractivity contribution in [3.63, 3.8) is 0 Å². The van der Waals surface area contributed by atoms with Gasteiger partial charge in [0.25, 0.3) is 0 Å². The molecule has 0 fully saturated rings. The molecule has 20 heavy (non-hydrogen) atoms. The van der Waals surface area contributed by atoms with Crippen molar-refractivity contribution < 1.29 is 9.53 Å². The SMILES string of the molecule is CCc1nc(C(=O)OC)c(N)n1-c1nc(C(C)C)cs1. The molecule has 2 aromatic heterocycles. The number of imidazole rings is 1. The van der Waals surface area contributed by atoms with Crippen LogP contribution in [0.15, 0.2) is 5.38 Å². The number of methoxy groups -OCH3 is 1. The van der Waals surface area contributed by atoms with Gasteiger partial charge in [0.15, 0.2) is 10.8 Å². The summed E-state index contributed by atoms with van der Waals surface area (Å²) in [5.41, 5.74) is 7.18. The van der Waals surface area contributed by atoms with E-state index in [1.165, 1.54) is 18.4 Å². The third-order valence-electron chi connectivity index (χ3n) is 2.97. The van der Waals surface area contributed by atoms with Crippen molar-refractivity contribution in [1.82, 2.24) is 14.5 Å². The van der Waals surface area contributed by atoms with E-state index in [4.69, 9.17) is 10.5 Å². The van der Waals surface area contributed by atoms with Crippen LogP contribution in [0.25, 0.3) is 5.13 Å². The number of carbonyl (C=O) groups is 1. The Hall–Kier alpha value is -1.89. The fourth-order valence-electron chi connectivity index (χ4n) is 1.82. The second kappa shape index (κ2) is 5.62. The Morgan fingerprint density at radius 2 is 2.20 bits per heavy atom. The van der Waals surface area contributed by atoms with Gasteiger partial charge in [-0.25, -0.2) is 14.8 Å². The predicted octanol–water partition coefficient (Wildman–Crippen LogP) is 2.38. The molecule has 0 bridgehead atoms. The summed E-state index contributed by atoms with van der Waals surface area (Å²) >= 11 is 1.49. The largest absolute Gasteiger partial charge is 0.464 e.